The minimum Gasteiger partial charge on any atom is -0.778 e. The van der Waals surface area contributed by atoms with Gasteiger partial charge in [0.2, 0.25) is 0 Å². The molecule has 3 nitrogen and oxygen atoms in total. The lowest BCUT2D eigenvalue weighted by Crippen LogP contribution is -2.33. The Labute approximate surface area is 98.3 Å². The average Bonchev–Trinajstić information content (AvgIpc) is 2.17. The van der Waals surface area contributed by atoms with Crippen LogP contribution in [0.1, 0.15) is 19.4 Å². The lowest BCUT2D eigenvalue weighted by Gasteiger charge is -2.10. The molecular weight excluding hydrogens is 222 g/mol. The van der Waals surface area contributed by atoms with Crippen molar-refractivity contribution < 1.29 is 13.3 Å². The predicted molar refractivity (Wildman–Crippen MR) is 69.0 cm³/mol. The van der Waals surface area contributed by atoms with Crippen LogP contribution in [0.25, 0.3) is 6.08 Å². The summed E-state index contributed by atoms with van der Waals surface area (Å²) in [6, 6.07) is 3.87. The molecule has 1 aromatic rings. The molecule has 1 unspecified atom stereocenters. The number of nitrogens with zero attached hydrogens (tertiary/aromatic N) is 1. The first-order valence-corrected chi connectivity index (χ1v) is 6.51. The van der Waals surface area contributed by atoms with E-state index in [2.05, 4.69) is 12.4 Å². The van der Waals surface area contributed by atoms with Crippen molar-refractivity contribution in [3.8, 4) is 0 Å². The first-order valence-electron chi connectivity index (χ1n) is 4.68. The molecule has 0 N–H and O–H groups in total. The van der Waals surface area contributed by atoms with E-state index in [1.807, 2.05) is 29.1 Å². The average molecular weight is 241 g/mol. The first-order chi connectivity index (χ1) is 7.01. The van der Waals surface area contributed by atoms with Gasteiger partial charge in [0, 0.05) is 24.3 Å². The van der Waals surface area contributed by atoms with Crippen LogP contribution < -0.4 is 4.57 Å². The lowest BCUT2D eigenvalue weighted by molar-refractivity contribution is -0.696. The van der Waals surface area contributed by atoms with E-state index >= 15 is 0 Å². The Hall–Kier alpha value is -1.13. The third-order valence-electron chi connectivity index (χ3n) is 2.02. The Morgan fingerprint density at radius 2 is 2.00 bits per heavy atom. The molecule has 0 aliphatic carbocycles. The zero-order valence-corrected chi connectivity index (χ0v) is 9.41. The fourth-order valence-electron chi connectivity index (χ4n) is 1.22. The molecule has 1 heterocycles. The minimum atomic E-state index is -3.09. The summed E-state index contributed by atoms with van der Waals surface area (Å²) < 4.78 is 23.5. The van der Waals surface area contributed by atoms with E-state index in [4.69, 9.17) is 0 Å². The predicted octanol–water partition coefficient (Wildman–Crippen LogP) is 1.49. The molecule has 0 fully saturated rings. The molecule has 0 aliphatic heterocycles. The molecule has 0 radical (unpaired) electrons. The summed E-state index contributed by atoms with van der Waals surface area (Å²) in [7, 11) is -3.09. The summed E-state index contributed by atoms with van der Waals surface area (Å²) in [6.45, 7) is 4.34. The van der Waals surface area contributed by atoms with Gasteiger partial charge in [-0.25, -0.2) is 4.57 Å². The number of hydrogen-bond donors (Lipinski definition) is 0. The van der Waals surface area contributed by atoms with E-state index in [1.54, 1.807) is 6.08 Å². The molecule has 4 heteroatoms. The van der Waals surface area contributed by atoms with E-state index in [0.717, 1.165) is 5.56 Å². The Kier molecular flexibility index (Phi) is 6.00. The molecule has 0 saturated heterocycles. The number of pyridine rings is 1. The van der Waals surface area contributed by atoms with Crippen molar-refractivity contribution in [2.45, 2.75) is 20.4 Å². The molecule has 1 aromatic heterocycles. The Morgan fingerprint density at radius 3 is 2.44 bits per heavy atom. The third-order valence-corrected chi connectivity index (χ3v) is 2.93. The fourth-order valence-corrected chi connectivity index (χ4v) is 1.79. The van der Waals surface area contributed by atoms with Gasteiger partial charge in [-0.15, -0.1) is 0 Å². The van der Waals surface area contributed by atoms with Crippen LogP contribution in [-0.4, -0.2) is 20.4 Å². The summed E-state index contributed by atoms with van der Waals surface area (Å²) in [5.41, 5.74) is 1.05. The molecule has 0 aromatic carbocycles. The molecule has 0 amide bonds. The van der Waals surface area contributed by atoms with Crippen molar-refractivity contribution in [3.63, 3.8) is 0 Å². The van der Waals surface area contributed by atoms with Gasteiger partial charge in [0.25, 0.3) is 0 Å². The van der Waals surface area contributed by atoms with Crippen molar-refractivity contribution >= 4 is 21.7 Å². The van der Waals surface area contributed by atoms with Gasteiger partial charge in [-0.3, -0.25) is 4.21 Å². The van der Waals surface area contributed by atoms with Crippen molar-refractivity contribution in [2.75, 3.05) is 5.75 Å². The maximum atomic E-state index is 10.8. The second-order valence-electron chi connectivity index (χ2n) is 3.37. The molecule has 0 aliphatic rings. The highest BCUT2D eigenvalue weighted by molar-refractivity contribution is 7.94. The minimum absolute atomic E-state index is 0. The number of hydrogen-bond acceptors (Lipinski definition) is 2. The van der Waals surface area contributed by atoms with Crippen LogP contribution in [0.15, 0.2) is 31.1 Å². The smallest absolute Gasteiger partial charge is 0.169 e. The number of aryl methyl sites for hydroxylation is 1. The number of aromatic nitrogens is 1. The van der Waals surface area contributed by atoms with Crippen molar-refractivity contribution in [1.29, 1.82) is 0 Å². The fraction of sp³-hybridized carbons (Fsp3) is 0.333. The molecule has 1 rings (SSSR count). The number of rotatable bonds is 5. The highest BCUT2D eigenvalue weighted by Crippen LogP contribution is 1.96. The highest BCUT2D eigenvalue weighted by Gasteiger charge is 1.99. The van der Waals surface area contributed by atoms with Gasteiger partial charge >= 0.3 is 0 Å². The van der Waals surface area contributed by atoms with Gasteiger partial charge < -0.3 is 4.55 Å². The van der Waals surface area contributed by atoms with E-state index in [-0.39, 0.29) is 13.2 Å². The standard InChI is InChI=1S/C11H15NO2S.CH4/c1-3-11-5-8-12(9-6-11)7-4-10-15(2,13)14;/h3,5-6,8-9H,1-2,4,7,10H2;1H4. The second-order valence-corrected chi connectivity index (χ2v) is 5.27. The van der Waals surface area contributed by atoms with Gasteiger partial charge in [0.05, 0.1) is 0 Å². The first kappa shape index (κ1) is 14.9. The van der Waals surface area contributed by atoms with Crippen LogP contribution in [0.3, 0.4) is 0 Å². The molecular formula is C12H19NO2S. The molecule has 0 saturated carbocycles. The van der Waals surface area contributed by atoms with Crippen molar-refractivity contribution in [3.05, 3.63) is 36.7 Å². The second kappa shape index (κ2) is 6.45. The summed E-state index contributed by atoms with van der Waals surface area (Å²) in [5.74, 6) is 3.21. The van der Waals surface area contributed by atoms with E-state index in [0.29, 0.717) is 13.0 Å². The van der Waals surface area contributed by atoms with Crippen LogP contribution in [0.4, 0.5) is 0 Å². The van der Waals surface area contributed by atoms with Crippen molar-refractivity contribution in [1.82, 2.24) is 0 Å². The van der Waals surface area contributed by atoms with Crippen LogP contribution >= 0.6 is 0 Å². The largest absolute Gasteiger partial charge is 0.778 e. The van der Waals surface area contributed by atoms with Crippen LogP contribution in [0, 0.1) is 0 Å². The lowest BCUT2D eigenvalue weighted by atomic mass is 10.3. The van der Waals surface area contributed by atoms with Crippen LogP contribution in [0.5, 0.6) is 0 Å². The van der Waals surface area contributed by atoms with Crippen LogP contribution in [0.2, 0.25) is 0 Å². The topological polar surface area (TPSA) is 44.0 Å². The van der Waals surface area contributed by atoms with Gasteiger partial charge in [0.1, 0.15) is 6.54 Å². The summed E-state index contributed by atoms with van der Waals surface area (Å²) >= 11 is 0. The normalized spacial score (nSPS) is 13.6. The van der Waals surface area contributed by atoms with Gasteiger partial charge in [-0.05, 0) is 5.56 Å². The quantitative estimate of drug-likeness (QED) is 0.579. The van der Waals surface area contributed by atoms with Gasteiger partial charge in [-0.1, -0.05) is 35.8 Å². The third kappa shape index (κ3) is 5.68. The Morgan fingerprint density at radius 1 is 1.44 bits per heavy atom. The van der Waals surface area contributed by atoms with E-state index in [9.17, 15) is 8.76 Å². The molecule has 1 atom stereocenters. The van der Waals surface area contributed by atoms with Gasteiger partial charge in [0.15, 0.2) is 12.4 Å². The SMILES string of the molecule is C.C=Cc1cc[n+](CCCS(=C)(=O)[O-])cc1. The van der Waals surface area contributed by atoms with E-state index < -0.39 is 9.80 Å². The Bertz CT molecular complexity index is 421. The maximum absolute atomic E-state index is 10.8. The van der Waals surface area contributed by atoms with Gasteiger partial charge in [-0.2, -0.15) is 0 Å². The Balaban J connectivity index is 0.00000225. The summed E-state index contributed by atoms with van der Waals surface area (Å²) in [5, 5.41) is 0. The molecule has 16 heavy (non-hydrogen) atoms. The molecule has 0 spiro atoms. The van der Waals surface area contributed by atoms with E-state index in [1.165, 1.54) is 0 Å². The zero-order valence-electron chi connectivity index (χ0n) is 8.59. The monoisotopic (exact) mass is 241 g/mol. The molecule has 0 bridgehead atoms. The summed E-state index contributed by atoms with van der Waals surface area (Å²) in [6.07, 6.45) is 6.17. The summed E-state index contributed by atoms with van der Waals surface area (Å²) in [4.78, 5) is 0. The van der Waals surface area contributed by atoms with Crippen LogP contribution in [-0.2, 0) is 16.3 Å². The highest BCUT2D eigenvalue weighted by atomic mass is 32.2. The molecule has 90 valence electrons. The zero-order chi connectivity index (χ0) is 11.3. The maximum Gasteiger partial charge on any atom is 0.169 e. The van der Waals surface area contributed by atoms with Crippen molar-refractivity contribution in [2.24, 2.45) is 0 Å².